The Hall–Kier alpha value is -3.17. The number of ether oxygens (including phenoxy) is 1. The Morgan fingerprint density at radius 2 is 2.03 bits per heavy atom. The monoisotopic (exact) mass is 476 g/mol. The van der Waals surface area contributed by atoms with E-state index in [-0.39, 0.29) is 18.1 Å². The summed E-state index contributed by atoms with van der Waals surface area (Å²) in [5.74, 6) is 1.05. The highest BCUT2D eigenvalue weighted by molar-refractivity contribution is 6.09. The van der Waals surface area contributed by atoms with Crippen LogP contribution < -0.4 is 15.0 Å². The molecular weight excluding hydrogens is 444 g/mol. The van der Waals surface area contributed by atoms with Gasteiger partial charge in [0.1, 0.15) is 16.9 Å². The molecule has 2 aromatic heterocycles. The van der Waals surface area contributed by atoms with Gasteiger partial charge in [-0.05, 0) is 37.9 Å². The molecule has 3 aliphatic heterocycles. The highest BCUT2D eigenvalue weighted by atomic mass is 16.5. The van der Waals surface area contributed by atoms with E-state index in [0.717, 1.165) is 81.0 Å². The number of nitrogens with one attached hydrogen (secondary N) is 1. The minimum absolute atomic E-state index is 0.148. The zero-order valence-electron chi connectivity index (χ0n) is 20.1. The average Bonchev–Trinajstić information content (AvgIpc) is 3.47. The summed E-state index contributed by atoms with van der Waals surface area (Å²) in [6, 6.07) is 6.01. The first-order chi connectivity index (χ1) is 17.0. The van der Waals surface area contributed by atoms with Crippen molar-refractivity contribution >= 4 is 22.9 Å². The van der Waals surface area contributed by atoms with Gasteiger partial charge in [-0.1, -0.05) is 0 Å². The van der Waals surface area contributed by atoms with E-state index in [1.54, 1.807) is 29.2 Å². The number of piperidine rings is 2. The molecule has 0 bridgehead atoms. The van der Waals surface area contributed by atoms with Crippen LogP contribution in [0.5, 0.6) is 5.75 Å². The van der Waals surface area contributed by atoms with Crippen LogP contribution in [-0.2, 0) is 6.42 Å². The molecule has 5 heterocycles. The molecule has 2 fully saturated rings. The summed E-state index contributed by atoms with van der Waals surface area (Å²) in [7, 11) is 2.16. The van der Waals surface area contributed by atoms with Gasteiger partial charge in [0.05, 0.1) is 17.6 Å². The Balaban J connectivity index is 1.32. The third-order valence-corrected chi connectivity index (χ3v) is 7.90. The van der Waals surface area contributed by atoms with Crippen LogP contribution in [0.15, 0.2) is 36.8 Å². The number of nitrogens with zero attached hydrogens (tertiary/aromatic N) is 5. The Morgan fingerprint density at radius 1 is 1.23 bits per heavy atom. The summed E-state index contributed by atoms with van der Waals surface area (Å²) in [6.45, 7) is 3.95. The number of aliphatic hydroxyl groups is 1. The quantitative estimate of drug-likeness (QED) is 0.598. The van der Waals surface area contributed by atoms with Gasteiger partial charge in [0.25, 0.3) is 5.91 Å². The molecule has 3 aliphatic rings. The summed E-state index contributed by atoms with van der Waals surface area (Å²) >= 11 is 0. The highest BCUT2D eigenvalue weighted by Crippen LogP contribution is 2.45. The number of carbonyl (C=O) groups is 1. The minimum Gasteiger partial charge on any atom is -0.486 e. The number of hydrogen-bond donors (Lipinski definition) is 2. The van der Waals surface area contributed by atoms with Crippen molar-refractivity contribution < 1.29 is 14.6 Å². The smallest absolute Gasteiger partial charge is 0.261 e. The number of rotatable bonds is 4. The van der Waals surface area contributed by atoms with Gasteiger partial charge in [-0.15, -0.1) is 0 Å². The first kappa shape index (κ1) is 22.3. The normalized spacial score (nSPS) is 20.2. The van der Waals surface area contributed by atoms with Crippen LogP contribution >= 0.6 is 0 Å². The largest absolute Gasteiger partial charge is 0.486 e. The molecule has 0 radical (unpaired) electrons. The number of benzene rings is 1. The van der Waals surface area contributed by atoms with E-state index < -0.39 is 0 Å². The highest BCUT2D eigenvalue weighted by Gasteiger charge is 2.42. The Kier molecular flexibility index (Phi) is 5.61. The van der Waals surface area contributed by atoms with Crippen molar-refractivity contribution in [1.82, 2.24) is 19.5 Å². The fraction of sp³-hybridized carbons (Fsp3) is 0.500. The van der Waals surface area contributed by atoms with E-state index in [1.165, 1.54) is 0 Å². The molecule has 0 unspecified atom stereocenters. The zero-order valence-corrected chi connectivity index (χ0v) is 20.1. The number of likely N-dealkylation sites (tertiary alicyclic amines) is 1. The lowest BCUT2D eigenvalue weighted by Crippen LogP contribution is -2.45. The molecule has 0 aliphatic carbocycles. The first-order valence-corrected chi connectivity index (χ1v) is 12.5. The topological polar surface area (TPSA) is 95.2 Å². The van der Waals surface area contributed by atoms with Crippen molar-refractivity contribution in [3.05, 3.63) is 47.9 Å². The van der Waals surface area contributed by atoms with Gasteiger partial charge in [0.15, 0.2) is 5.65 Å². The number of fused-ring (bicyclic) bond motifs is 2. The van der Waals surface area contributed by atoms with Crippen molar-refractivity contribution in [3.8, 4) is 5.75 Å². The SMILES string of the molecule is CN1CCC2(CC1)Cc1cc(NC(=O)c3cnn4cccnc34)c(N3CCC(CO)CC3)cc1O2. The van der Waals surface area contributed by atoms with Gasteiger partial charge in [0.2, 0.25) is 0 Å². The standard InChI is InChI=1S/C26H32N6O3/c1-30-11-5-26(6-12-30)15-19-13-21(29-25(34)20-16-28-32-8-2-7-27-24(20)32)22(14-23(19)35-26)31-9-3-18(17-33)4-10-31/h2,7-8,13-14,16,18,33H,3-6,9-12,15,17H2,1H3,(H,29,34). The third-order valence-electron chi connectivity index (χ3n) is 7.90. The van der Waals surface area contributed by atoms with Crippen LogP contribution in [0.1, 0.15) is 41.6 Å². The Bertz CT molecular complexity index is 1240. The lowest BCUT2D eigenvalue weighted by molar-refractivity contribution is 0.0271. The molecule has 2 saturated heterocycles. The molecule has 3 aromatic rings. The molecule has 2 N–H and O–H groups in total. The van der Waals surface area contributed by atoms with Crippen LogP contribution in [-0.4, -0.2) is 75.9 Å². The second-order valence-corrected chi connectivity index (χ2v) is 10.3. The maximum atomic E-state index is 13.4. The van der Waals surface area contributed by atoms with E-state index in [0.29, 0.717) is 17.1 Å². The molecule has 0 atom stereocenters. The lowest BCUT2D eigenvalue weighted by Gasteiger charge is -2.37. The lowest BCUT2D eigenvalue weighted by atomic mass is 9.87. The van der Waals surface area contributed by atoms with Gasteiger partial charge in [-0.3, -0.25) is 4.79 Å². The molecule has 9 heteroatoms. The second kappa shape index (κ2) is 8.80. The summed E-state index contributed by atoms with van der Waals surface area (Å²) in [4.78, 5) is 22.4. The summed E-state index contributed by atoms with van der Waals surface area (Å²) in [6.07, 6.45) is 9.74. The number of carbonyl (C=O) groups excluding carboxylic acids is 1. The average molecular weight is 477 g/mol. The Morgan fingerprint density at radius 3 is 2.80 bits per heavy atom. The molecule has 184 valence electrons. The van der Waals surface area contributed by atoms with Crippen molar-refractivity contribution in [2.45, 2.75) is 37.7 Å². The zero-order chi connectivity index (χ0) is 24.0. The molecule has 9 nitrogen and oxygen atoms in total. The second-order valence-electron chi connectivity index (χ2n) is 10.3. The minimum atomic E-state index is -0.224. The fourth-order valence-corrected chi connectivity index (χ4v) is 5.66. The van der Waals surface area contributed by atoms with Gasteiger partial charge >= 0.3 is 0 Å². The molecular formula is C26H32N6O3. The number of aromatic nitrogens is 3. The summed E-state index contributed by atoms with van der Waals surface area (Å²) in [5.41, 5.74) is 3.74. The van der Waals surface area contributed by atoms with Gasteiger partial charge < -0.3 is 25.0 Å². The van der Waals surface area contributed by atoms with E-state index in [9.17, 15) is 9.90 Å². The number of aliphatic hydroxyl groups excluding tert-OH is 1. The van der Waals surface area contributed by atoms with Crippen LogP contribution in [0, 0.1) is 5.92 Å². The molecule has 35 heavy (non-hydrogen) atoms. The van der Waals surface area contributed by atoms with Crippen molar-refractivity contribution in [1.29, 1.82) is 0 Å². The molecule has 1 aromatic carbocycles. The van der Waals surface area contributed by atoms with Crippen LogP contribution in [0.25, 0.3) is 5.65 Å². The van der Waals surface area contributed by atoms with Crippen LogP contribution in [0.2, 0.25) is 0 Å². The van der Waals surface area contributed by atoms with Crippen molar-refractivity contribution in [2.75, 3.05) is 50.1 Å². The van der Waals surface area contributed by atoms with Gasteiger partial charge in [-0.25, -0.2) is 9.50 Å². The van der Waals surface area contributed by atoms with E-state index in [2.05, 4.69) is 44.4 Å². The fourth-order valence-electron chi connectivity index (χ4n) is 5.66. The van der Waals surface area contributed by atoms with Crippen molar-refractivity contribution in [2.24, 2.45) is 5.92 Å². The number of hydrogen-bond acceptors (Lipinski definition) is 7. The predicted octanol–water partition coefficient (Wildman–Crippen LogP) is 2.59. The maximum Gasteiger partial charge on any atom is 0.261 e. The number of amides is 1. The molecule has 1 amide bonds. The van der Waals surface area contributed by atoms with Gasteiger partial charge in [0, 0.05) is 76.1 Å². The third kappa shape index (κ3) is 4.12. The summed E-state index contributed by atoms with van der Waals surface area (Å²) < 4.78 is 8.23. The molecule has 1 spiro atoms. The van der Waals surface area contributed by atoms with Crippen molar-refractivity contribution in [3.63, 3.8) is 0 Å². The van der Waals surface area contributed by atoms with Crippen LogP contribution in [0.3, 0.4) is 0 Å². The summed E-state index contributed by atoms with van der Waals surface area (Å²) in [5, 5.41) is 17.0. The van der Waals surface area contributed by atoms with E-state index in [4.69, 9.17) is 4.74 Å². The Labute approximate surface area is 204 Å². The van der Waals surface area contributed by atoms with E-state index in [1.807, 2.05) is 0 Å². The molecule has 0 saturated carbocycles. The molecule has 6 rings (SSSR count). The first-order valence-electron chi connectivity index (χ1n) is 12.5. The van der Waals surface area contributed by atoms with E-state index >= 15 is 0 Å². The maximum absolute atomic E-state index is 13.4. The predicted molar refractivity (Wildman–Crippen MR) is 133 cm³/mol. The van der Waals surface area contributed by atoms with Gasteiger partial charge in [-0.2, -0.15) is 5.10 Å². The van der Waals surface area contributed by atoms with Crippen LogP contribution in [0.4, 0.5) is 11.4 Å². The number of anilines is 2.